The lowest BCUT2D eigenvalue weighted by molar-refractivity contribution is 0.581. The largest absolute Gasteiger partial charge is 0.463 e. The van der Waals surface area contributed by atoms with E-state index in [9.17, 15) is 0 Å². The van der Waals surface area contributed by atoms with Crippen LogP contribution in [-0.2, 0) is 0 Å². The fraction of sp³-hybridized carbons (Fsp3) is 0.250. The van der Waals surface area contributed by atoms with E-state index in [-0.39, 0.29) is 0 Å². The number of aromatic nitrogens is 1. The van der Waals surface area contributed by atoms with E-state index in [1.807, 2.05) is 18.2 Å². The Kier molecular flexibility index (Phi) is 2.48. The second kappa shape index (κ2) is 3.66. The maximum atomic E-state index is 5.55. The molecule has 0 fully saturated rings. The quantitative estimate of drug-likeness (QED) is 0.723. The average molecular weight is 217 g/mol. The smallest absolute Gasteiger partial charge is 0.151 e. The van der Waals surface area contributed by atoms with E-state index in [2.05, 4.69) is 30.7 Å². The van der Waals surface area contributed by atoms with Crippen molar-refractivity contribution in [2.24, 2.45) is 0 Å². The summed E-state index contributed by atoms with van der Waals surface area (Å²) in [5, 5.41) is 1.33. The minimum absolute atomic E-state index is 0.930. The first-order chi connectivity index (χ1) is 7.09. The summed E-state index contributed by atoms with van der Waals surface area (Å²) in [7, 11) is -1.34. The second-order valence-corrected chi connectivity index (χ2v) is 9.67. The van der Waals surface area contributed by atoms with Gasteiger partial charge in [0.25, 0.3) is 0 Å². The lowest BCUT2D eigenvalue weighted by Crippen LogP contribution is -2.37. The van der Waals surface area contributed by atoms with Gasteiger partial charge in [-0.05, 0) is 23.4 Å². The molecular formula is C12H15NOSi. The first kappa shape index (κ1) is 10.2. The van der Waals surface area contributed by atoms with E-state index in [4.69, 9.17) is 4.42 Å². The summed E-state index contributed by atoms with van der Waals surface area (Å²) in [5.74, 6) is 0.940. The molecule has 0 saturated carbocycles. The number of rotatable bonds is 2. The molecule has 78 valence electrons. The molecule has 0 saturated heterocycles. The van der Waals surface area contributed by atoms with E-state index < -0.39 is 8.07 Å². The Morgan fingerprint density at radius 1 is 1.13 bits per heavy atom. The van der Waals surface area contributed by atoms with Crippen LogP contribution in [0.5, 0.6) is 0 Å². The van der Waals surface area contributed by atoms with Crippen molar-refractivity contribution >= 4 is 13.3 Å². The highest BCUT2D eigenvalue weighted by atomic mass is 28.3. The van der Waals surface area contributed by atoms with Crippen LogP contribution in [-0.4, -0.2) is 13.1 Å². The molecule has 2 rings (SSSR count). The van der Waals surface area contributed by atoms with Crippen LogP contribution in [0.25, 0.3) is 11.5 Å². The van der Waals surface area contributed by atoms with Gasteiger partial charge in [-0.15, -0.1) is 0 Å². The Morgan fingerprint density at radius 2 is 1.93 bits per heavy atom. The van der Waals surface area contributed by atoms with E-state index in [1.165, 1.54) is 5.19 Å². The summed E-state index contributed by atoms with van der Waals surface area (Å²) in [5.41, 5.74) is 0.930. The van der Waals surface area contributed by atoms with Crippen LogP contribution in [0.2, 0.25) is 19.6 Å². The minimum Gasteiger partial charge on any atom is -0.463 e. The van der Waals surface area contributed by atoms with Gasteiger partial charge in [-0.3, -0.25) is 4.98 Å². The lowest BCUT2D eigenvalue weighted by atomic mass is 10.3. The Bertz CT molecular complexity index is 442. The summed E-state index contributed by atoms with van der Waals surface area (Å²) in [6.45, 7) is 6.93. The number of furan rings is 1. The van der Waals surface area contributed by atoms with Crippen molar-refractivity contribution in [2.45, 2.75) is 19.6 Å². The highest BCUT2D eigenvalue weighted by Crippen LogP contribution is 2.18. The van der Waals surface area contributed by atoms with E-state index in [1.54, 1.807) is 12.5 Å². The second-order valence-electron chi connectivity index (χ2n) is 4.63. The molecule has 0 aromatic carbocycles. The molecule has 0 N–H and O–H groups in total. The zero-order valence-electron chi connectivity index (χ0n) is 9.32. The molecule has 0 amide bonds. The van der Waals surface area contributed by atoms with Gasteiger partial charge in [-0.2, -0.15) is 0 Å². The Hall–Kier alpha value is -1.35. The predicted octanol–water partition coefficient (Wildman–Crippen LogP) is 2.89. The summed E-state index contributed by atoms with van der Waals surface area (Å²) < 4.78 is 5.55. The van der Waals surface area contributed by atoms with Crippen molar-refractivity contribution in [2.75, 3.05) is 0 Å². The summed E-state index contributed by atoms with van der Waals surface area (Å²) in [4.78, 5) is 4.32. The maximum absolute atomic E-state index is 5.55. The molecular weight excluding hydrogens is 202 g/mol. The Labute approximate surface area is 91.0 Å². The molecule has 0 aliphatic heterocycles. The van der Waals surface area contributed by atoms with E-state index in [0.717, 1.165) is 11.5 Å². The van der Waals surface area contributed by atoms with Crippen molar-refractivity contribution < 1.29 is 4.42 Å². The highest BCUT2D eigenvalue weighted by molar-refractivity contribution is 6.89. The van der Waals surface area contributed by atoms with Gasteiger partial charge in [0, 0.05) is 6.20 Å². The van der Waals surface area contributed by atoms with Crippen molar-refractivity contribution in [3.05, 3.63) is 36.7 Å². The molecule has 0 aliphatic carbocycles. The molecule has 0 radical (unpaired) electrons. The van der Waals surface area contributed by atoms with Crippen LogP contribution in [0.3, 0.4) is 0 Å². The standard InChI is InChI=1S/C12H15NOSi/c1-15(2,3)11-7-9-14-12(11)10-6-4-5-8-13-10/h4-9H,1-3H3. The normalized spacial score (nSPS) is 11.7. The third-order valence-corrected chi connectivity index (χ3v) is 4.38. The molecule has 0 unspecified atom stereocenters. The number of nitrogens with zero attached hydrogens (tertiary/aromatic N) is 1. The summed E-state index contributed by atoms with van der Waals surface area (Å²) in [6.07, 6.45) is 3.56. The predicted molar refractivity (Wildman–Crippen MR) is 64.9 cm³/mol. The average Bonchev–Trinajstić information content (AvgIpc) is 2.67. The monoisotopic (exact) mass is 217 g/mol. The van der Waals surface area contributed by atoms with Crippen molar-refractivity contribution in [1.82, 2.24) is 4.98 Å². The first-order valence-corrected chi connectivity index (χ1v) is 8.58. The van der Waals surface area contributed by atoms with Gasteiger partial charge >= 0.3 is 0 Å². The van der Waals surface area contributed by atoms with Crippen LogP contribution in [0.4, 0.5) is 0 Å². The van der Waals surface area contributed by atoms with Crippen molar-refractivity contribution in [1.29, 1.82) is 0 Å². The number of hydrogen-bond acceptors (Lipinski definition) is 2. The first-order valence-electron chi connectivity index (χ1n) is 5.08. The van der Waals surface area contributed by atoms with E-state index in [0.29, 0.717) is 0 Å². The number of pyridine rings is 1. The maximum Gasteiger partial charge on any atom is 0.151 e. The number of hydrogen-bond donors (Lipinski definition) is 0. The van der Waals surface area contributed by atoms with Crippen LogP contribution in [0.15, 0.2) is 41.1 Å². The minimum atomic E-state index is -1.34. The van der Waals surface area contributed by atoms with Gasteiger partial charge in [0.05, 0.1) is 14.3 Å². The fourth-order valence-electron chi connectivity index (χ4n) is 1.60. The summed E-state index contributed by atoms with van der Waals surface area (Å²) in [6, 6.07) is 7.97. The molecule has 2 aromatic rings. The SMILES string of the molecule is C[Si](C)(C)c1ccoc1-c1ccccn1. The van der Waals surface area contributed by atoms with E-state index >= 15 is 0 Å². The topological polar surface area (TPSA) is 26.0 Å². The summed E-state index contributed by atoms with van der Waals surface area (Å²) >= 11 is 0. The Morgan fingerprint density at radius 3 is 2.53 bits per heavy atom. The van der Waals surface area contributed by atoms with Gasteiger partial charge in [0.2, 0.25) is 0 Å². The van der Waals surface area contributed by atoms with Crippen LogP contribution in [0.1, 0.15) is 0 Å². The molecule has 2 aromatic heterocycles. The van der Waals surface area contributed by atoms with Gasteiger partial charge in [-0.1, -0.05) is 25.7 Å². The van der Waals surface area contributed by atoms with Gasteiger partial charge < -0.3 is 4.42 Å². The molecule has 15 heavy (non-hydrogen) atoms. The van der Waals surface area contributed by atoms with Crippen LogP contribution >= 0.6 is 0 Å². The third kappa shape index (κ3) is 2.02. The molecule has 0 atom stereocenters. The zero-order valence-corrected chi connectivity index (χ0v) is 10.3. The molecule has 3 heteroatoms. The molecule has 2 nitrogen and oxygen atoms in total. The molecule has 0 bridgehead atoms. The van der Waals surface area contributed by atoms with Gasteiger partial charge in [-0.25, -0.2) is 0 Å². The molecule has 2 heterocycles. The Balaban J connectivity index is 2.51. The van der Waals surface area contributed by atoms with Crippen molar-refractivity contribution in [3.8, 4) is 11.5 Å². The van der Waals surface area contributed by atoms with Gasteiger partial charge in [0.1, 0.15) is 5.69 Å². The van der Waals surface area contributed by atoms with Crippen LogP contribution < -0.4 is 5.19 Å². The fourth-order valence-corrected chi connectivity index (χ4v) is 3.03. The van der Waals surface area contributed by atoms with Crippen molar-refractivity contribution in [3.63, 3.8) is 0 Å². The highest BCUT2D eigenvalue weighted by Gasteiger charge is 2.23. The third-order valence-electron chi connectivity index (χ3n) is 2.37. The zero-order chi connectivity index (χ0) is 10.9. The van der Waals surface area contributed by atoms with Gasteiger partial charge in [0.15, 0.2) is 5.76 Å². The van der Waals surface area contributed by atoms with Crippen LogP contribution in [0, 0.1) is 0 Å². The lowest BCUT2D eigenvalue weighted by Gasteiger charge is -2.15. The molecule has 0 aliphatic rings. The molecule has 0 spiro atoms.